The van der Waals surface area contributed by atoms with E-state index in [1.165, 1.54) is 0 Å². The van der Waals surface area contributed by atoms with Crippen molar-refractivity contribution in [2.45, 2.75) is 44.2 Å². The molecule has 6 rings (SSSR count). The second-order valence-electron chi connectivity index (χ2n) is 11.7. The summed E-state index contributed by atoms with van der Waals surface area (Å²) in [5.74, 6) is -5.39. The minimum absolute atomic E-state index is 0.0378. The third kappa shape index (κ3) is 3.98. The number of anilines is 1. The second-order valence-corrected chi connectivity index (χ2v) is 11.7. The SMILES string of the molecule is CN(C)c1cc(-c2ccc(CN3CCCC3)o2)c(O)c2c1C[C@H]1C[C@H]3CC(=O)C(C(N)=O)=C(O)[C@@]3(O)C(=O)C1=C2O. The van der Waals surface area contributed by atoms with Gasteiger partial charge in [-0.2, -0.15) is 0 Å². The molecule has 0 unspecified atom stereocenters. The third-order valence-electron chi connectivity index (χ3n) is 9.03. The number of ketones is 2. The zero-order valence-corrected chi connectivity index (χ0v) is 22.9. The monoisotopic (exact) mass is 563 g/mol. The number of aromatic hydroxyl groups is 1. The van der Waals surface area contributed by atoms with Crippen LogP contribution in [0.3, 0.4) is 0 Å². The minimum atomic E-state index is -2.60. The zero-order valence-electron chi connectivity index (χ0n) is 22.9. The maximum absolute atomic E-state index is 13.8. The van der Waals surface area contributed by atoms with Crippen molar-refractivity contribution in [1.82, 2.24) is 4.90 Å². The molecule has 3 atom stereocenters. The normalized spacial score (nSPS) is 26.2. The van der Waals surface area contributed by atoms with Crippen molar-refractivity contribution in [1.29, 1.82) is 0 Å². The van der Waals surface area contributed by atoms with Gasteiger partial charge in [0, 0.05) is 37.7 Å². The van der Waals surface area contributed by atoms with Gasteiger partial charge < -0.3 is 35.5 Å². The molecule has 1 aliphatic heterocycles. The summed E-state index contributed by atoms with van der Waals surface area (Å²) in [7, 11) is 3.65. The molecule has 1 amide bonds. The number of Topliss-reactive ketones (excluding diaryl/α,β-unsaturated/α-hetero) is 2. The minimum Gasteiger partial charge on any atom is -0.508 e. The van der Waals surface area contributed by atoms with Gasteiger partial charge in [0.15, 0.2) is 11.4 Å². The summed E-state index contributed by atoms with van der Waals surface area (Å²) in [6, 6.07) is 5.39. The van der Waals surface area contributed by atoms with Crippen molar-refractivity contribution < 1.29 is 39.2 Å². The van der Waals surface area contributed by atoms with Crippen molar-refractivity contribution in [2.75, 3.05) is 32.1 Å². The number of benzene rings is 1. The Morgan fingerprint density at radius 2 is 1.85 bits per heavy atom. The first-order valence-electron chi connectivity index (χ1n) is 13.8. The van der Waals surface area contributed by atoms with Crippen LogP contribution < -0.4 is 10.6 Å². The number of primary amides is 1. The molecule has 0 radical (unpaired) electrons. The fourth-order valence-electron chi connectivity index (χ4n) is 7.02. The van der Waals surface area contributed by atoms with E-state index in [-0.39, 0.29) is 36.1 Å². The average Bonchev–Trinajstić information content (AvgIpc) is 3.58. The Hall–Kier alpha value is -4.09. The highest BCUT2D eigenvalue weighted by Gasteiger charge is 2.60. The summed E-state index contributed by atoms with van der Waals surface area (Å²) >= 11 is 0. The predicted octanol–water partition coefficient (Wildman–Crippen LogP) is 2.35. The number of nitrogens with two attached hydrogens (primary N) is 1. The van der Waals surface area contributed by atoms with Crippen molar-refractivity contribution in [2.24, 2.45) is 17.6 Å². The van der Waals surface area contributed by atoms with Crippen molar-refractivity contribution in [3.05, 3.63) is 52.0 Å². The number of nitrogens with zero attached hydrogens (tertiary/aromatic N) is 2. The molecule has 6 N–H and O–H groups in total. The fourth-order valence-corrected chi connectivity index (χ4v) is 7.02. The number of phenolic OH excluding ortho intramolecular Hbond substituents is 1. The topological polar surface area (TPSA) is 178 Å². The van der Waals surface area contributed by atoms with E-state index in [0.29, 0.717) is 29.1 Å². The molecule has 3 aliphatic carbocycles. The highest BCUT2D eigenvalue weighted by Crippen LogP contribution is 2.54. The van der Waals surface area contributed by atoms with Crippen LogP contribution in [0.15, 0.2) is 39.5 Å². The zero-order chi connectivity index (χ0) is 29.4. The van der Waals surface area contributed by atoms with E-state index in [4.69, 9.17) is 10.2 Å². The van der Waals surface area contributed by atoms with E-state index >= 15 is 0 Å². The number of hydrogen-bond acceptors (Lipinski definition) is 10. The molecule has 11 nitrogen and oxygen atoms in total. The first kappa shape index (κ1) is 27.1. The Morgan fingerprint density at radius 1 is 1.15 bits per heavy atom. The molecule has 0 spiro atoms. The van der Waals surface area contributed by atoms with Crippen LogP contribution in [0.2, 0.25) is 0 Å². The molecular formula is C30H33N3O8. The van der Waals surface area contributed by atoms with Crippen LogP contribution in [0.4, 0.5) is 5.69 Å². The van der Waals surface area contributed by atoms with Crippen molar-refractivity contribution in [3.63, 3.8) is 0 Å². The van der Waals surface area contributed by atoms with Gasteiger partial charge in [-0.1, -0.05) is 0 Å². The Balaban J connectivity index is 1.48. The number of phenols is 1. The number of hydrogen-bond donors (Lipinski definition) is 5. The molecule has 2 heterocycles. The standard InChI is InChI=1S/C30H33N3O8/c1-32(2)19-12-18(21-6-5-16(41-21)13-33-7-3-4-8-33)25(35)23-17(19)10-14-9-15-11-20(34)24(29(31)39)28(38)30(15,40)27(37)22(14)26(23)36/h5-6,12,14-15,35-36,38,40H,3-4,7-11,13H2,1-2H3,(H2,31,39)/t14-,15+,30+/m1/s1. The van der Waals surface area contributed by atoms with Crippen molar-refractivity contribution in [3.8, 4) is 17.1 Å². The van der Waals surface area contributed by atoms with Gasteiger partial charge in [0.05, 0.1) is 17.7 Å². The summed E-state index contributed by atoms with van der Waals surface area (Å²) in [5, 5.41) is 45.4. The van der Waals surface area contributed by atoms with Gasteiger partial charge in [-0.15, -0.1) is 0 Å². The molecular weight excluding hydrogens is 530 g/mol. The van der Waals surface area contributed by atoms with Crippen LogP contribution in [-0.4, -0.2) is 75.6 Å². The molecule has 41 heavy (non-hydrogen) atoms. The van der Waals surface area contributed by atoms with Crippen LogP contribution in [-0.2, 0) is 27.3 Å². The van der Waals surface area contributed by atoms with Gasteiger partial charge >= 0.3 is 0 Å². The highest BCUT2D eigenvalue weighted by atomic mass is 16.4. The van der Waals surface area contributed by atoms with Gasteiger partial charge in [-0.3, -0.25) is 19.3 Å². The Labute approximate surface area is 236 Å². The van der Waals surface area contributed by atoms with E-state index in [1.54, 1.807) is 12.1 Å². The third-order valence-corrected chi connectivity index (χ3v) is 9.03. The lowest BCUT2D eigenvalue weighted by Gasteiger charge is -2.46. The number of aliphatic hydroxyl groups excluding tert-OH is 2. The Kier molecular flexibility index (Phi) is 6.27. The van der Waals surface area contributed by atoms with Gasteiger partial charge in [-0.05, 0) is 68.5 Å². The summed E-state index contributed by atoms with van der Waals surface area (Å²) in [4.78, 5) is 42.4. The number of fused-ring (bicyclic) bond motifs is 3. The molecule has 0 bridgehead atoms. The van der Waals surface area contributed by atoms with Crippen LogP contribution in [0.1, 0.15) is 42.6 Å². The predicted molar refractivity (Wildman–Crippen MR) is 148 cm³/mol. The Bertz CT molecular complexity index is 1560. The van der Waals surface area contributed by atoms with Crippen LogP contribution in [0, 0.1) is 11.8 Å². The van der Waals surface area contributed by atoms with Crippen LogP contribution in [0.25, 0.3) is 17.1 Å². The molecule has 1 aromatic heterocycles. The summed E-state index contributed by atoms with van der Waals surface area (Å²) in [6.07, 6.45) is 2.24. The number of aliphatic hydroxyl groups is 3. The van der Waals surface area contributed by atoms with E-state index in [1.807, 2.05) is 25.1 Å². The van der Waals surface area contributed by atoms with Crippen molar-refractivity contribution >= 4 is 28.9 Å². The highest BCUT2D eigenvalue weighted by molar-refractivity contribution is 6.22. The smallest absolute Gasteiger partial charge is 0.255 e. The Morgan fingerprint density at radius 3 is 2.51 bits per heavy atom. The van der Waals surface area contributed by atoms with E-state index in [2.05, 4.69) is 4.90 Å². The first-order valence-corrected chi connectivity index (χ1v) is 13.8. The van der Waals surface area contributed by atoms with Gasteiger partial charge in [0.25, 0.3) is 5.91 Å². The lowest BCUT2D eigenvalue weighted by molar-refractivity contribution is -0.147. The van der Waals surface area contributed by atoms with E-state index in [9.17, 15) is 34.8 Å². The summed E-state index contributed by atoms with van der Waals surface area (Å²) in [5.41, 5.74) is 3.35. The van der Waals surface area contributed by atoms with E-state index < -0.39 is 52.0 Å². The molecule has 4 aliphatic rings. The summed E-state index contributed by atoms with van der Waals surface area (Å²) < 4.78 is 6.11. The fraction of sp³-hybridized carbons (Fsp3) is 0.433. The van der Waals surface area contributed by atoms with Gasteiger partial charge in [-0.25, -0.2) is 0 Å². The van der Waals surface area contributed by atoms with Gasteiger partial charge in [0.1, 0.15) is 34.4 Å². The number of carbonyl (C=O) groups is 3. The number of rotatable bonds is 5. The number of likely N-dealkylation sites (tertiary alicyclic amines) is 1. The van der Waals surface area contributed by atoms with Gasteiger partial charge in [0.2, 0.25) is 5.78 Å². The maximum atomic E-state index is 13.8. The molecule has 11 heteroatoms. The molecule has 1 saturated carbocycles. The lowest BCUT2D eigenvalue weighted by Crippen LogP contribution is -2.58. The van der Waals surface area contributed by atoms with Crippen LogP contribution in [0.5, 0.6) is 5.75 Å². The number of carbonyl (C=O) groups excluding carboxylic acids is 3. The molecule has 1 saturated heterocycles. The molecule has 216 valence electrons. The average molecular weight is 564 g/mol. The lowest BCUT2D eigenvalue weighted by atomic mass is 9.59. The first-order chi connectivity index (χ1) is 19.4. The quantitative estimate of drug-likeness (QED) is 0.339. The van der Waals surface area contributed by atoms with E-state index in [0.717, 1.165) is 31.7 Å². The molecule has 2 fully saturated rings. The molecule has 1 aromatic carbocycles. The largest absolute Gasteiger partial charge is 0.508 e. The maximum Gasteiger partial charge on any atom is 0.255 e. The second kappa shape index (κ2) is 9.49. The van der Waals surface area contributed by atoms with Crippen LogP contribution >= 0.6 is 0 Å². The number of furan rings is 1. The number of amides is 1. The molecule has 2 aromatic rings. The summed E-state index contributed by atoms with van der Waals surface area (Å²) in [6.45, 7) is 2.63.